The van der Waals surface area contributed by atoms with Gasteiger partial charge in [0.25, 0.3) is 0 Å². The number of carbonyl (C=O) groups is 1. The van der Waals surface area contributed by atoms with Gasteiger partial charge < -0.3 is 16.0 Å². The Morgan fingerprint density at radius 2 is 2.15 bits per heavy atom. The molecule has 0 saturated heterocycles. The van der Waals surface area contributed by atoms with Gasteiger partial charge in [0.05, 0.1) is 0 Å². The Balaban J connectivity index is 1.65. The van der Waals surface area contributed by atoms with Crippen LogP contribution in [0, 0.1) is 0 Å². The highest BCUT2D eigenvalue weighted by atomic mass is 35.5. The van der Waals surface area contributed by atoms with Crippen LogP contribution in [-0.2, 0) is 10.2 Å². The summed E-state index contributed by atoms with van der Waals surface area (Å²) in [4.78, 5) is 14.3. The number of benzene rings is 1. The molecule has 0 unspecified atom stereocenters. The maximum atomic E-state index is 12.3. The predicted octanol–water partition coefficient (Wildman–Crippen LogP) is 3.76. The van der Waals surface area contributed by atoms with Crippen LogP contribution in [0.2, 0.25) is 5.02 Å². The fraction of sp³-hybridized carbons (Fsp3) is 0.500. The molecule has 5 heteroatoms. The SMILES string of the molecule is CC(=O)N(CCC1=CNCC=C1)C1CCC(CN)(c2cccc(Cl)c2)CC1. The number of nitrogens with two attached hydrogens (primary N) is 1. The van der Waals surface area contributed by atoms with Crippen LogP contribution in [0.25, 0.3) is 0 Å². The van der Waals surface area contributed by atoms with E-state index in [-0.39, 0.29) is 11.3 Å². The fourth-order valence-electron chi connectivity index (χ4n) is 4.41. The second-order valence-electron chi connectivity index (χ2n) is 7.72. The molecule has 3 N–H and O–H groups in total. The minimum absolute atomic E-state index is 0.0254. The van der Waals surface area contributed by atoms with E-state index in [1.165, 1.54) is 11.1 Å². The second kappa shape index (κ2) is 8.94. The molecule has 1 aromatic carbocycles. The molecule has 0 aromatic heterocycles. The average molecular weight is 388 g/mol. The summed E-state index contributed by atoms with van der Waals surface area (Å²) in [6, 6.07) is 8.38. The van der Waals surface area contributed by atoms with E-state index in [9.17, 15) is 4.79 Å². The van der Waals surface area contributed by atoms with Gasteiger partial charge in [-0.25, -0.2) is 0 Å². The lowest BCUT2D eigenvalue weighted by Gasteiger charge is -2.43. The Morgan fingerprint density at radius 3 is 2.74 bits per heavy atom. The Morgan fingerprint density at radius 1 is 1.37 bits per heavy atom. The zero-order valence-corrected chi connectivity index (χ0v) is 16.8. The molecule has 27 heavy (non-hydrogen) atoms. The van der Waals surface area contributed by atoms with E-state index < -0.39 is 0 Å². The lowest BCUT2D eigenvalue weighted by molar-refractivity contribution is -0.132. The molecule has 1 fully saturated rings. The summed E-state index contributed by atoms with van der Waals surface area (Å²) >= 11 is 6.21. The minimum atomic E-state index is -0.0254. The molecule has 4 nitrogen and oxygen atoms in total. The molecule has 1 aliphatic carbocycles. The van der Waals surface area contributed by atoms with Crippen molar-refractivity contribution in [3.8, 4) is 0 Å². The average Bonchev–Trinajstić information content (AvgIpc) is 2.69. The van der Waals surface area contributed by atoms with Gasteiger partial charge >= 0.3 is 0 Å². The number of rotatable bonds is 6. The van der Waals surface area contributed by atoms with Gasteiger partial charge in [-0.1, -0.05) is 35.9 Å². The molecule has 1 aliphatic heterocycles. The van der Waals surface area contributed by atoms with Crippen LogP contribution in [0.4, 0.5) is 0 Å². The quantitative estimate of drug-likeness (QED) is 0.781. The summed E-state index contributed by atoms with van der Waals surface area (Å²) in [5.74, 6) is 0.163. The molecule has 1 amide bonds. The molecule has 1 saturated carbocycles. The first-order valence-electron chi connectivity index (χ1n) is 9.86. The van der Waals surface area contributed by atoms with E-state index >= 15 is 0 Å². The third-order valence-electron chi connectivity index (χ3n) is 6.08. The van der Waals surface area contributed by atoms with Crippen LogP contribution < -0.4 is 11.1 Å². The van der Waals surface area contributed by atoms with Crippen molar-refractivity contribution in [2.75, 3.05) is 19.6 Å². The van der Waals surface area contributed by atoms with Gasteiger partial charge in [0.2, 0.25) is 5.91 Å². The normalized spacial score (nSPS) is 24.9. The summed E-state index contributed by atoms with van der Waals surface area (Å²) < 4.78 is 0. The molecule has 1 heterocycles. The first kappa shape index (κ1) is 20.0. The number of nitrogens with one attached hydrogen (secondary N) is 1. The molecule has 0 spiro atoms. The Bertz CT molecular complexity index is 720. The van der Waals surface area contributed by atoms with Crippen molar-refractivity contribution in [1.29, 1.82) is 0 Å². The van der Waals surface area contributed by atoms with E-state index in [2.05, 4.69) is 34.6 Å². The van der Waals surface area contributed by atoms with E-state index in [4.69, 9.17) is 17.3 Å². The summed E-state index contributed by atoms with van der Waals surface area (Å²) in [7, 11) is 0. The number of halogens is 1. The molecule has 2 aliphatic rings. The summed E-state index contributed by atoms with van der Waals surface area (Å²) in [6.45, 7) is 3.95. The van der Waals surface area contributed by atoms with Crippen LogP contribution in [0.1, 0.15) is 44.6 Å². The molecular weight excluding hydrogens is 358 g/mol. The molecular formula is C22H30ClN3O. The lowest BCUT2D eigenvalue weighted by Crippen LogP contribution is -2.47. The predicted molar refractivity (Wildman–Crippen MR) is 112 cm³/mol. The number of allylic oxidation sites excluding steroid dienone is 1. The number of amides is 1. The first-order chi connectivity index (χ1) is 13.0. The third kappa shape index (κ3) is 4.74. The van der Waals surface area contributed by atoms with E-state index in [1.54, 1.807) is 6.92 Å². The maximum Gasteiger partial charge on any atom is 0.219 e. The van der Waals surface area contributed by atoms with E-state index in [0.29, 0.717) is 12.6 Å². The standard InChI is InChI=1S/C22H30ClN3O/c1-17(27)26(13-9-18-4-3-12-25-15-18)21-7-10-22(16-24,11-8-21)19-5-2-6-20(23)14-19/h2-6,14-15,21,25H,7-13,16,24H2,1H3. The van der Waals surface area contributed by atoms with Gasteiger partial charge in [-0.2, -0.15) is 0 Å². The highest BCUT2D eigenvalue weighted by molar-refractivity contribution is 6.30. The number of carbonyl (C=O) groups excluding carboxylic acids is 1. The largest absolute Gasteiger partial charge is 0.387 e. The third-order valence-corrected chi connectivity index (χ3v) is 6.32. The van der Waals surface area contributed by atoms with Gasteiger partial charge in [-0.3, -0.25) is 4.79 Å². The van der Waals surface area contributed by atoms with Crippen LogP contribution >= 0.6 is 11.6 Å². The van der Waals surface area contributed by atoms with Crippen molar-refractivity contribution in [3.05, 3.63) is 58.8 Å². The highest BCUT2D eigenvalue weighted by Gasteiger charge is 2.38. The van der Waals surface area contributed by atoms with E-state index in [0.717, 1.165) is 50.2 Å². The Hall–Kier alpha value is -1.78. The van der Waals surface area contributed by atoms with Gasteiger partial charge in [0.15, 0.2) is 0 Å². The Labute approximate surface area is 167 Å². The van der Waals surface area contributed by atoms with Crippen LogP contribution in [0.5, 0.6) is 0 Å². The van der Waals surface area contributed by atoms with Gasteiger partial charge in [-0.05, 0) is 61.6 Å². The van der Waals surface area contributed by atoms with Gasteiger partial charge in [-0.15, -0.1) is 0 Å². The zero-order chi connectivity index (χ0) is 19.3. The summed E-state index contributed by atoms with van der Waals surface area (Å²) in [6.07, 6.45) is 11.1. The monoisotopic (exact) mass is 387 g/mol. The van der Waals surface area contributed by atoms with Crippen molar-refractivity contribution in [2.45, 2.75) is 50.5 Å². The molecule has 1 aromatic rings. The molecule has 0 bridgehead atoms. The first-order valence-corrected chi connectivity index (χ1v) is 10.2. The maximum absolute atomic E-state index is 12.3. The number of hydrogen-bond acceptors (Lipinski definition) is 3. The van der Waals surface area contributed by atoms with Crippen molar-refractivity contribution in [2.24, 2.45) is 5.73 Å². The van der Waals surface area contributed by atoms with Crippen LogP contribution in [0.15, 0.2) is 48.2 Å². The molecule has 0 radical (unpaired) electrons. The minimum Gasteiger partial charge on any atom is -0.387 e. The van der Waals surface area contributed by atoms with Gasteiger partial charge in [0.1, 0.15) is 0 Å². The van der Waals surface area contributed by atoms with E-state index in [1.807, 2.05) is 18.2 Å². The topological polar surface area (TPSA) is 58.4 Å². The van der Waals surface area contributed by atoms with Crippen molar-refractivity contribution >= 4 is 17.5 Å². The van der Waals surface area contributed by atoms with Crippen molar-refractivity contribution in [1.82, 2.24) is 10.2 Å². The number of hydrogen-bond donors (Lipinski definition) is 2. The Kier molecular flexibility index (Phi) is 6.61. The van der Waals surface area contributed by atoms with Gasteiger partial charge in [0, 0.05) is 43.0 Å². The second-order valence-corrected chi connectivity index (χ2v) is 8.15. The zero-order valence-electron chi connectivity index (χ0n) is 16.1. The lowest BCUT2D eigenvalue weighted by atomic mass is 9.68. The van der Waals surface area contributed by atoms with Crippen molar-refractivity contribution < 1.29 is 4.79 Å². The number of nitrogens with zero attached hydrogens (tertiary/aromatic N) is 1. The fourth-order valence-corrected chi connectivity index (χ4v) is 4.60. The highest BCUT2D eigenvalue weighted by Crippen LogP contribution is 2.41. The molecule has 0 atom stereocenters. The van der Waals surface area contributed by atoms with Crippen LogP contribution in [0.3, 0.4) is 0 Å². The van der Waals surface area contributed by atoms with Crippen molar-refractivity contribution in [3.63, 3.8) is 0 Å². The van der Waals surface area contributed by atoms with Crippen LogP contribution in [-0.4, -0.2) is 36.5 Å². The molecule has 3 rings (SSSR count). The number of dihydropyridines is 1. The summed E-state index contributed by atoms with van der Waals surface area (Å²) in [5, 5.41) is 3.99. The molecule has 146 valence electrons. The smallest absolute Gasteiger partial charge is 0.219 e. The summed E-state index contributed by atoms with van der Waals surface area (Å²) in [5.41, 5.74) is 8.67.